The quantitative estimate of drug-likeness (QED) is 0.761. The summed E-state index contributed by atoms with van der Waals surface area (Å²) in [6.07, 6.45) is 3.38. The molecule has 1 heterocycles. The number of hydrogen-bond donors (Lipinski definition) is 1. The van der Waals surface area contributed by atoms with Crippen molar-refractivity contribution in [2.75, 3.05) is 13.7 Å². The second-order valence-corrected chi connectivity index (χ2v) is 9.13. The third-order valence-corrected chi connectivity index (χ3v) is 7.33. The predicted molar refractivity (Wildman–Crippen MR) is 116 cm³/mol. The average Bonchev–Trinajstić information content (AvgIpc) is 3.12. The first-order valence-electron chi connectivity index (χ1n) is 11.2. The van der Waals surface area contributed by atoms with Crippen molar-refractivity contribution in [3.05, 3.63) is 58.6 Å². The van der Waals surface area contributed by atoms with Gasteiger partial charge in [-0.15, -0.1) is 0 Å². The molecule has 5 rings (SSSR count). The molecule has 2 aromatic rings. The van der Waals surface area contributed by atoms with Gasteiger partial charge in [-0.25, -0.2) is 4.99 Å². The summed E-state index contributed by atoms with van der Waals surface area (Å²) < 4.78 is 29.1. The van der Waals surface area contributed by atoms with Crippen molar-refractivity contribution in [3.8, 4) is 11.1 Å². The number of aliphatic imine (C=N–C) groups is 1. The second kappa shape index (κ2) is 6.75. The molecule has 0 unspecified atom stereocenters. The van der Waals surface area contributed by atoms with Gasteiger partial charge >= 0.3 is 0 Å². The molecule has 0 radical (unpaired) electrons. The summed E-state index contributed by atoms with van der Waals surface area (Å²) in [6, 6.07) is 13.9. The van der Waals surface area contributed by atoms with Crippen LogP contribution in [0.5, 0.6) is 0 Å². The molecule has 0 amide bonds. The largest absolute Gasteiger partial charge is 0.462 e. The van der Waals surface area contributed by atoms with Gasteiger partial charge in [0.25, 0.3) is 6.02 Å². The van der Waals surface area contributed by atoms with Crippen LogP contribution in [-0.2, 0) is 21.4 Å². The minimum Gasteiger partial charge on any atom is -0.462 e. The Morgan fingerprint density at radius 1 is 1.28 bits per heavy atom. The molecule has 1 fully saturated rings. The second-order valence-electron chi connectivity index (χ2n) is 8.70. The van der Waals surface area contributed by atoms with E-state index in [4.69, 9.17) is 34.5 Å². The van der Waals surface area contributed by atoms with E-state index < -0.39 is 17.5 Å². The maximum absolute atomic E-state index is 8.92. The molecule has 29 heavy (non-hydrogen) atoms. The van der Waals surface area contributed by atoms with Crippen molar-refractivity contribution in [1.29, 1.82) is 0 Å². The molecule has 2 N–H and O–H groups in total. The zero-order valence-corrected chi connectivity index (χ0v) is 17.5. The SMILES string of the molecule is [2H]C1([2H])OC(N)=N[C@]12c1cc(-c3cccc(Cl)c3)ccc1C[C@]21CC[C@@H](OC)[C@H](C)C1. The van der Waals surface area contributed by atoms with E-state index in [0.29, 0.717) is 5.02 Å². The van der Waals surface area contributed by atoms with Crippen molar-refractivity contribution < 1.29 is 12.2 Å². The lowest BCUT2D eigenvalue weighted by Gasteiger charge is -2.47. The summed E-state index contributed by atoms with van der Waals surface area (Å²) >= 11 is 6.23. The van der Waals surface area contributed by atoms with Crippen LogP contribution in [0.15, 0.2) is 47.5 Å². The zero-order valence-electron chi connectivity index (χ0n) is 18.7. The summed E-state index contributed by atoms with van der Waals surface area (Å²) in [6.45, 7) is 0.149. The van der Waals surface area contributed by atoms with Crippen LogP contribution >= 0.6 is 11.6 Å². The van der Waals surface area contributed by atoms with Crippen LogP contribution in [0.2, 0.25) is 5.02 Å². The number of nitrogens with two attached hydrogens (primary N) is 1. The minimum atomic E-state index is -2.03. The summed E-state index contributed by atoms with van der Waals surface area (Å²) in [5.74, 6) is 0.283. The number of benzene rings is 2. The fourth-order valence-electron chi connectivity index (χ4n) is 5.76. The van der Waals surface area contributed by atoms with Crippen LogP contribution in [0, 0.1) is 11.3 Å². The Kier molecular flexibility index (Phi) is 3.89. The monoisotopic (exact) mass is 412 g/mol. The number of ether oxygens (including phenoxy) is 2. The van der Waals surface area contributed by atoms with Crippen LogP contribution in [0.3, 0.4) is 0 Å². The highest BCUT2D eigenvalue weighted by Crippen LogP contribution is 2.62. The van der Waals surface area contributed by atoms with E-state index in [2.05, 4.69) is 25.1 Å². The number of halogens is 1. The molecule has 2 aromatic carbocycles. The smallest absolute Gasteiger partial charge is 0.283 e. The molecule has 0 aromatic heterocycles. The first-order valence-corrected chi connectivity index (χ1v) is 10.6. The van der Waals surface area contributed by atoms with Crippen molar-refractivity contribution in [3.63, 3.8) is 0 Å². The molecule has 0 saturated heterocycles. The first kappa shape index (κ1) is 16.7. The molecule has 2 spiro atoms. The van der Waals surface area contributed by atoms with Crippen molar-refractivity contribution >= 4 is 17.6 Å². The van der Waals surface area contributed by atoms with Gasteiger partial charge in [0.15, 0.2) is 0 Å². The van der Waals surface area contributed by atoms with E-state index in [1.165, 1.54) is 0 Å². The minimum absolute atomic E-state index is 0.0769. The van der Waals surface area contributed by atoms with Gasteiger partial charge in [-0.05, 0) is 72.1 Å². The molecule has 1 saturated carbocycles. The van der Waals surface area contributed by atoms with Crippen LogP contribution in [0.1, 0.15) is 40.1 Å². The first-order chi connectivity index (χ1) is 14.7. The number of methoxy groups -OCH3 is 1. The Morgan fingerprint density at radius 3 is 2.79 bits per heavy atom. The third kappa shape index (κ3) is 2.80. The van der Waals surface area contributed by atoms with Gasteiger partial charge in [-0.1, -0.05) is 42.8 Å². The van der Waals surface area contributed by atoms with E-state index in [1.807, 2.05) is 24.3 Å². The van der Waals surface area contributed by atoms with Crippen LogP contribution < -0.4 is 5.73 Å². The molecule has 1 aliphatic heterocycles. The average molecular weight is 413 g/mol. The fourth-order valence-corrected chi connectivity index (χ4v) is 5.95. The lowest BCUT2D eigenvalue weighted by Crippen LogP contribution is -2.48. The zero-order chi connectivity index (χ0) is 22.0. The Labute approximate surface area is 179 Å². The number of fused-ring (bicyclic) bond motifs is 3. The Hall–Kier alpha value is -2.04. The summed E-state index contributed by atoms with van der Waals surface area (Å²) in [7, 11) is 1.75. The third-order valence-electron chi connectivity index (χ3n) is 7.09. The Bertz CT molecular complexity index is 1080. The van der Waals surface area contributed by atoms with Crippen LogP contribution in [0.4, 0.5) is 0 Å². The standard InChI is InChI=1S/C24H27ClN2O2/c1-15-12-23(9-8-21(15)28-2)13-18-7-6-17(16-4-3-5-19(25)10-16)11-20(18)24(23)14-29-22(26)27-24/h3-7,10-11,15,21H,8-9,12-14H2,1-2H3,(H2,26,27)/t15-,21-,23-,24+/m1/s1/i14D2. The van der Waals surface area contributed by atoms with E-state index in [1.54, 1.807) is 7.11 Å². The lowest BCUT2D eigenvalue weighted by molar-refractivity contribution is -0.0445. The molecule has 3 aliphatic rings. The van der Waals surface area contributed by atoms with Crippen molar-refractivity contribution in [1.82, 2.24) is 0 Å². The maximum Gasteiger partial charge on any atom is 0.283 e. The van der Waals surface area contributed by atoms with Crippen molar-refractivity contribution in [2.24, 2.45) is 22.1 Å². The molecule has 5 heteroatoms. The van der Waals surface area contributed by atoms with Gasteiger partial charge in [-0.2, -0.15) is 0 Å². The van der Waals surface area contributed by atoms with Crippen LogP contribution in [0.25, 0.3) is 11.1 Å². The van der Waals surface area contributed by atoms with Crippen LogP contribution in [-0.4, -0.2) is 25.8 Å². The van der Waals surface area contributed by atoms with Gasteiger partial charge in [0.05, 0.1) is 8.85 Å². The number of nitrogens with zero attached hydrogens (tertiary/aromatic N) is 1. The summed E-state index contributed by atoms with van der Waals surface area (Å²) in [5, 5.41) is 0.665. The maximum atomic E-state index is 8.92. The molecule has 2 aliphatic carbocycles. The Balaban J connectivity index is 1.70. The summed E-state index contributed by atoms with van der Waals surface area (Å²) in [4.78, 5) is 4.76. The molecule has 4 nitrogen and oxygen atoms in total. The van der Waals surface area contributed by atoms with Gasteiger partial charge in [-0.3, -0.25) is 0 Å². The van der Waals surface area contributed by atoms with Crippen molar-refractivity contribution in [2.45, 2.75) is 44.2 Å². The van der Waals surface area contributed by atoms with E-state index in [-0.39, 0.29) is 18.0 Å². The molecule has 4 atom stereocenters. The number of rotatable bonds is 2. The summed E-state index contributed by atoms with van der Waals surface area (Å²) in [5.41, 5.74) is 8.37. The van der Waals surface area contributed by atoms with Gasteiger partial charge < -0.3 is 15.2 Å². The van der Waals surface area contributed by atoms with E-state index in [9.17, 15) is 0 Å². The highest BCUT2D eigenvalue weighted by atomic mass is 35.5. The lowest BCUT2D eigenvalue weighted by atomic mass is 9.59. The highest BCUT2D eigenvalue weighted by molar-refractivity contribution is 6.30. The fraction of sp³-hybridized carbons (Fsp3) is 0.458. The van der Waals surface area contributed by atoms with Gasteiger partial charge in [0.2, 0.25) is 0 Å². The molecular weight excluding hydrogens is 384 g/mol. The molecule has 0 bridgehead atoms. The topological polar surface area (TPSA) is 56.8 Å². The predicted octanol–water partition coefficient (Wildman–Crippen LogP) is 4.92. The number of hydrogen-bond acceptors (Lipinski definition) is 4. The van der Waals surface area contributed by atoms with Gasteiger partial charge in [0.1, 0.15) is 12.1 Å². The highest BCUT2D eigenvalue weighted by Gasteiger charge is 2.62. The number of amidine groups is 1. The molecule has 152 valence electrons. The van der Waals surface area contributed by atoms with E-state index in [0.717, 1.165) is 47.9 Å². The van der Waals surface area contributed by atoms with E-state index >= 15 is 0 Å². The molecular formula is C24H27ClN2O2. The van der Waals surface area contributed by atoms with Gasteiger partial charge in [0, 0.05) is 17.5 Å². The normalized spacial score (nSPS) is 35.8. The Morgan fingerprint density at radius 2 is 2.10 bits per heavy atom.